The standard InChI is InChI=1S/C4H10O2.Ce/c1-6-4-2-3-5;/h5H,2-4H2,1H3;. The first kappa shape index (κ1) is 11.1. The van der Waals surface area contributed by atoms with Crippen LogP contribution in [0.5, 0.6) is 0 Å². The van der Waals surface area contributed by atoms with Gasteiger partial charge in [-0.15, -0.1) is 0 Å². The van der Waals surface area contributed by atoms with Gasteiger partial charge < -0.3 is 9.84 Å². The van der Waals surface area contributed by atoms with Gasteiger partial charge in [-0.05, 0) is 6.42 Å². The van der Waals surface area contributed by atoms with Gasteiger partial charge in [-0.3, -0.25) is 0 Å². The minimum Gasteiger partial charge on any atom is -0.396 e. The van der Waals surface area contributed by atoms with E-state index in [4.69, 9.17) is 5.11 Å². The molecule has 2 nitrogen and oxygen atoms in total. The van der Waals surface area contributed by atoms with Gasteiger partial charge in [-0.25, -0.2) is 0 Å². The maximum Gasteiger partial charge on any atom is 0.0484 e. The Morgan fingerprint density at radius 3 is 2.29 bits per heavy atom. The molecule has 7 heavy (non-hydrogen) atoms. The summed E-state index contributed by atoms with van der Waals surface area (Å²) in [4.78, 5) is 0. The minimum atomic E-state index is 0. The third kappa shape index (κ3) is 11.1. The molecule has 0 bridgehead atoms. The van der Waals surface area contributed by atoms with E-state index in [9.17, 15) is 0 Å². The predicted octanol–water partition coefficient (Wildman–Crippen LogP) is 0.0152. The zero-order valence-corrected chi connectivity index (χ0v) is 7.62. The van der Waals surface area contributed by atoms with Crippen LogP contribution in [-0.2, 0) is 4.74 Å². The number of hydrogen-bond acceptors (Lipinski definition) is 2. The average molecular weight is 230 g/mol. The zero-order valence-electron chi connectivity index (χ0n) is 4.48. The molecular weight excluding hydrogens is 220 g/mol. The molecule has 0 aliphatic heterocycles. The van der Waals surface area contributed by atoms with Crippen LogP contribution in [0, 0.1) is 41.7 Å². The van der Waals surface area contributed by atoms with E-state index in [-0.39, 0.29) is 48.4 Å². The Morgan fingerprint density at radius 1 is 1.57 bits per heavy atom. The number of methoxy groups -OCH3 is 1. The summed E-state index contributed by atoms with van der Waals surface area (Å²) in [6.45, 7) is 0.893. The van der Waals surface area contributed by atoms with Gasteiger partial charge in [-0.1, -0.05) is 0 Å². The first-order chi connectivity index (χ1) is 2.91. The molecule has 0 rings (SSSR count). The molecule has 42 valence electrons. The summed E-state index contributed by atoms with van der Waals surface area (Å²) in [5.74, 6) is 0. The van der Waals surface area contributed by atoms with Crippen LogP contribution in [0.2, 0.25) is 0 Å². The van der Waals surface area contributed by atoms with Gasteiger partial charge in [0.25, 0.3) is 0 Å². The molecule has 0 aliphatic carbocycles. The fraction of sp³-hybridized carbons (Fsp3) is 1.00. The maximum absolute atomic E-state index is 8.12. The molecular formula is C4H10CeO2. The quantitative estimate of drug-likeness (QED) is 0.692. The second-order valence-corrected chi connectivity index (χ2v) is 1.07. The Labute approximate surface area is 77.6 Å². The van der Waals surface area contributed by atoms with Gasteiger partial charge in [0.05, 0.1) is 0 Å². The second kappa shape index (κ2) is 10.3. The second-order valence-electron chi connectivity index (χ2n) is 1.07. The van der Waals surface area contributed by atoms with Gasteiger partial charge in [0, 0.05) is 62.1 Å². The van der Waals surface area contributed by atoms with Crippen molar-refractivity contribution in [2.45, 2.75) is 6.42 Å². The zero-order chi connectivity index (χ0) is 4.83. The Morgan fingerprint density at radius 2 is 2.14 bits per heavy atom. The monoisotopic (exact) mass is 230 g/mol. The molecule has 3 heteroatoms. The number of hydrogen-bond donors (Lipinski definition) is 1. The van der Waals surface area contributed by atoms with Crippen molar-refractivity contribution in [2.24, 2.45) is 0 Å². The number of aliphatic hydroxyl groups is 1. The summed E-state index contributed by atoms with van der Waals surface area (Å²) >= 11 is 0. The van der Waals surface area contributed by atoms with Gasteiger partial charge in [0.15, 0.2) is 0 Å². The van der Waals surface area contributed by atoms with Crippen LogP contribution in [-0.4, -0.2) is 25.4 Å². The SMILES string of the molecule is COCCCO.[Ce]. The summed E-state index contributed by atoms with van der Waals surface area (Å²) in [6.07, 6.45) is 0.747. The predicted molar refractivity (Wildman–Crippen MR) is 23.6 cm³/mol. The summed E-state index contributed by atoms with van der Waals surface area (Å²) < 4.78 is 4.62. The Balaban J connectivity index is 0. The number of ether oxygens (including phenoxy) is 1. The molecule has 0 aromatic carbocycles. The Kier molecular flexibility index (Phi) is 16.4. The van der Waals surface area contributed by atoms with Gasteiger partial charge in [0.2, 0.25) is 0 Å². The Hall–Kier alpha value is 1.30. The van der Waals surface area contributed by atoms with Crippen molar-refractivity contribution >= 4 is 0 Å². The molecule has 0 aliphatic rings. The van der Waals surface area contributed by atoms with Crippen molar-refractivity contribution in [1.82, 2.24) is 0 Å². The van der Waals surface area contributed by atoms with E-state index in [0.717, 1.165) is 6.42 Å². The van der Waals surface area contributed by atoms with E-state index in [1.54, 1.807) is 7.11 Å². The van der Waals surface area contributed by atoms with Gasteiger partial charge >= 0.3 is 0 Å². The normalized spacial score (nSPS) is 7.71. The van der Waals surface area contributed by atoms with E-state index in [1.165, 1.54) is 0 Å². The smallest absolute Gasteiger partial charge is 0.0484 e. The molecule has 0 radical (unpaired) electrons. The van der Waals surface area contributed by atoms with Crippen LogP contribution in [0.4, 0.5) is 0 Å². The molecule has 0 fully saturated rings. The molecule has 0 aromatic heterocycles. The van der Waals surface area contributed by atoms with Crippen LogP contribution in [0.15, 0.2) is 0 Å². The molecule has 0 heterocycles. The molecule has 1 N–H and O–H groups in total. The minimum absolute atomic E-state index is 0. The van der Waals surface area contributed by atoms with Crippen molar-refractivity contribution < 1.29 is 51.6 Å². The molecule has 0 saturated heterocycles. The summed E-state index contributed by atoms with van der Waals surface area (Å²) in [7, 11) is 1.62. The van der Waals surface area contributed by atoms with Crippen LogP contribution in [0.1, 0.15) is 6.42 Å². The maximum atomic E-state index is 8.12. The molecule has 0 atom stereocenters. The molecule has 0 aromatic rings. The van der Waals surface area contributed by atoms with Crippen LogP contribution in [0.25, 0.3) is 0 Å². The van der Waals surface area contributed by atoms with Crippen molar-refractivity contribution in [3.8, 4) is 0 Å². The van der Waals surface area contributed by atoms with Crippen molar-refractivity contribution in [3.63, 3.8) is 0 Å². The number of rotatable bonds is 3. The summed E-state index contributed by atoms with van der Waals surface area (Å²) in [5.41, 5.74) is 0. The van der Waals surface area contributed by atoms with Crippen LogP contribution < -0.4 is 0 Å². The fourth-order valence-corrected chi connectivity index (χ4v) is 0.209. The summed E-state index contributed by atoms with van der Waals surface area (Å²) in [5, 5.41) is 8.12. The van der Waals surface area contributed by atoms with Crippen molar-refractivity contribution in [3.05, 3.63) is 0 Å². The molecule has 0 spiro atoms. The third-order valence-electron chi connectivity index (χ3n) is 0.507. The molecule has 0 saturated carbocycles. The Bertz CT molecular complexity index is 21.7. The topological polar surface area (TPSA) is 29.5 Å². The van der Waals surface area contributed by atoms with E-state index in [1.807, 2.05) is 0 Å². The first-order valence-electron chi connectivity index (χ1n) is 2.01. The van der Waals surface area contributed by atoms with E-state index < -0.39 is 0 Å². The largest absolute Gasteiger partial charge is 0.396 e. The molecule has 0 amide bonds. The third-order valence-corrected chi connectivity index (χ3v) is 0.507. The number of aliphatic hydroxyl groups excluding tert-OH is 1. The van der Waals surface area contributed by atoms with Gasteiger partial charge in [0.1, 0.15) is 0 Å². The average Bonchev–Trinajstić information content (AvgIpc) is 1.61. The van der Waals surface area contributed by atoms with Crippen molar-refractivity contribution in [2.75, 3.05) is 20.3 Å². The van der Waals surface area contributed by atoms with E-state index in [2.05, 4.69) is 4.74 Å². The van der Waals surface area contributed by atoms with Crippen molar-refractivity contribution in [1.29, 1.82) is 0 Å². The summed E-state index contributed by atoms with van der Waals surface area (Å²) in [6, 6.07) is 0. The van der Waals surface area contributed by atoms with Gasteiger partial charge in [-0.2, -0.15) is 0 Å². The first-order valence-corrected chi connectivity index (χ1v) is 2.01. The van der Waals surface area contributed by atoms with E-state index >= 15 is 0 Å². The fourth-order valence-electron chi connectivity index (χ4n) is 0.209. The molecule has 0 unspecified atom stereocenters. The van der Waals surface area contributed by atoms with Crippen LogP contribution >= 0.6 is 0 Å². The van der Waals surface area contributed by atoms with E-state index in [0.29, 0.717) is 6.61 Å². The van der Waals surface area contributed by atoms with Crippen LogP contribution in [0.3, 0.4) is 0 Å².